The Morgan fingerprint density at radius 1 is 1.34 bits per heavy atom. The van der Waals surface area contributed by atoms with Crippen molar-refractivity contribution < 1.29 is 14.3 Å². The first-order valence-corrected chi connectivity index (χ1v) is 11.3. The predicted octanol–water partition coefficient (Wildman–Crippen LogP) is 2.37. The summed E-state index contributed by atoms with van der Waals surface area (Å²) in [5.74, 6) is 0.650. The van der Waals surface area contributed by atoms with Gasteiger partial charge in [-0.25, -0.2) is 0 Å². The lowest BCUT2D eigenvalue weighted by Crippen LogP contribution is -2.50. The monoisotopic (exact) mass is 414 g/mol. The summed E-state index contributed by atoms with van der Waals surface area (Å²) < 4.78 is 8.17. The topological polar surface area (TPSA) is 76.5 Å². The second-order valence-electron chi connectivity index (χ2n) is 8.50. The maximum absolute atomic E-state index is 12.6. The third-order valence-electron chi connectivity index (χ3n) is 6.48. The molecule has 3 aliphatic rings. The zero-order chi connectivity index (χ0) is 20.0. The number of thiophene rings is 1. The standard InChI is InChI=1S/C21H26N4O3S/c1-24-17-10-21(5-7-25(8-6-21)20(27)15-4-9-29-13-15)28-12-16(17)18(23-24)19(26)22-11-14-2-3-14/h4,9,13-14H,2-3,5-8,10-12H2,1H3,(H,22,26). The fourth-order valence-corrected chi connectivity index (χ4v) is 5.02. The molecule has 0 bridgehead atoms. The number of fused-ring (bicyclic) bond motifs is 1. The van der Waals surface area contributed by atoms with Crippen LogP contribution < -0.4 is 5.32 Å². The van der Waals surface area contributed by atoms with E-state index in [0.717, 1.165) is 42.6 Å². The summed E-state index contributed by atoms with van der Waals surface area (Å²) in [4.78, 5) is 27.1. The summed E-state index contributed by atoms with van der Waals surface area (Å²) >= 11 is 1.55. The Hall–Kier alpha value is -2.19. The third-order valence-corrected chi connectivity index (χ3v) is 7.16. The molecule has 4 heterocycles. The van der Waals surface area contributed by atoms with Crippen LogP contribution in [-0.4, -0.2) is 51.7 Å². The highest BCUT2D eigenvalue weighted by Crippen LogP contribution is 2.37. The molecule has 0 radical (unpaired) electrons. The first kappa shape index (κ1) is 18.8. The number of carbonyl (C=O) groups excluding carboxylic acids is 2. The van der Waals surface area contributed by atoms with Crippen molar-refractivity contribution in [2.75, 3.05) is 19.6 Å². The molecule has 1 saturated heterocycles. The van der Waals surface area contributed by atoms with E-state index < -0.39 is 0 Å². The lowest BCUT2D eigenvalue weighted by Gasteiger charge is -2.43. The molecule has 0 aromatic carbocycles. The molecule has 2 aliphatic heterocycles. The third kappa shape index (κ3) is 3.59. The van der Waals surface area contributed by atoms with E-state index in [1.165, 1.54) is 12.8 Å². The van der Waals surface area contributed by atoms with Crippen LogP contribution in [0.15, 0.2) is 16.8 Å². The zero-order valence-corrected chi connectivity index (χ0v) is 17.5. The molecule has 5 rings (SSSR count). The number of nitrogens with one attached hydrogen (secondary N) is 1. The molecule has 2 amide bonds. The van der Waals surface area contributed by atoms with Gasteiger partial charge in [0.2, 0.25) is 0 Å². The first-order chi connectivity index (χ1) is 14.0. The fraction of sp³-hybridized carbons (Fsp3) is 0.571. The van der Waals surface area contributed by atoms with E-state index in [4.69, 9.17) is 4.74 Å². The Kier molecular flexibility index (Phi) is 4.70. The van der Waals surface area contributed by atoms with Crippen molar-refractivity contribution in [1.82, 2.24) is 20.0 Å². The van der Waals surface area contributed by atoms with Gasteiger partial charge in [0.15, 0.2) is 5.69 Å². The molecule has 2 fully saturated rings. The van der Waals surface area contributed by atoms with E-state index in [-0.39, 0.29) is 17.4 Å². The van der Waals surface area contributed by atoms with Gasteiger partial charge in [0.05, 0.1) is 17.8 Å². The van der Waals surface area contributed by atoms with Gasteiger partial charge in [0.25, 0.3) is 11.8 Å². The SMILES string of the molecule is Cn1nc(C(=O)NCC2CC2)c2c1CC1(CCN(C(=O)c3ccsc3)CC1)OC2. The van der Waals surface area contributed by atoms with Gasteiger partial charge in [-0.3, -0.25) is 14.3 Å². The number of ether oxygens (including phenoxy) is 1. The van der Waals surface area contributed by atoms with Crippen LogP contribution in [0.2, 0.25) is 0 Å². The van der Waals surface area contributed by atoms with Crippen LogP contribution in [0.5, 0.6) is 0 Å². The summed E-state index contributed by atoms with van der Waals surface area (Å²) in [6.45, 7) is 2.53. The van der Waals surface area contributed by atoms with Crippen molar-refractivity contribution in [3.8, 4) is 0 Å². The number of nitrogens with zero attached hydrogens (tertiary/aromatic N) is 3. The summed E-state index contributed by atoms with van der Waals surface area (Å²) in [5.41, 5.74) is 3.01. The van der Waals surface area contributed by atoms with Crippen molar-refractivity contribution in [3.05, 3.63) is 39.3 Å². The molecule has 1 saturated carbocycles. The lowest BCUT2D eigenvalue weighted by molar-refractivity contribution is -0.0990. The largest absolute Gasteiger partial charge is 0.370 e. The van der Waals surface area contributed by atoms with Gasteiger partial charge in [-0.15, -0.1) is 0 Å². The highest BCUT2D eigenvalue weighted by atomic mass is 32.1. The highest BCUT2D eigenvalue weighted by Gasteiger charge is 2.42. The smallest absolute Gasteiger partial charge is 0.272 e. The number of likely N-dealkylation sites (tertiary alicyclic amines) is 1. The molecule has 0 atom stereocenters. The van der Waals surface area contributed by atoms with E-state index >= 15 is 0 Å². The van der Waals surface area contributed by atoms with E-state index in [9.17, 15) is 9.59 Å². The molecule has 2 aromatic heterocycles. The molecule has 7 nitrogen and oxygen atoms in total. The van der Waals surface area contributed by atoms with Gasteiger partial charge in [0, 0.05) is 49.7 Å². The summed E-state index contributed by atoms with van der Waals surface area (Å²) in [6.07, 6.45) is 4.76. The van der Waals surface area contributed by atoms with E-state index in [2.05, 4.69) is 10.4 Å². The normalized spacial score (nSPS) is 20.5. The Labute approximate surface area is 174 Å². The molecule has 1 spiro atoms. The average Bonchev–Trinajstić information content (AvgIpc) is 3.29. The van der Waals surface area contributed by atoms with Gasteiger partial charge in [-0.1, -0.05) is 0 Å². The van der Waals surface area contributed by atoms with Crippen LogP contribution in [0, 0.1) is 5.92 Å². The summed E-state index contributed by atoms with van der Waals surface area (Å²) in [5, 5.41) is 11.4. The number of aryl methyl sites for hydroxylation is 1. The first-order valence-electron chi connectivity index (χ1n) is 10.3. The van der Waals surface area contributed by atoms with Crippen LogP contribution in [0.1, 0.15) is 57.8 Å². The van der Waals surface area contributed by atoms with Crippen LogP contribution in [0.3, 0.4) is 0 Å². The van der Waals surface area contributed by atoms with Crippen LogP contribution in [0.25, 0.3) is 0 Å². The molecule has 8 heteroatoms. The Morgan fingerprint density at radius 3 is 2.83 bits per heavy atom. The second-order valence-corrected chi connectivity index (χ2v) is 9.28. The van der Waals surface area contributed by atoms with Gasteiger partial charge in [-0.05, 0) is 43.0 Å². The number of aromatic nitrogens is 2. The molecular weight excluding hydrogens is 388 g/mol. The number of rotatable bonds is 4. The number of piperidine rings is 1. The second kappa shape index (κ2) is 7.25. The number of hydrogen-bond donors (Lipinski definition) is 1. The van der Waals surface area contributed by atoms with Gasteiger partial charge < -0.3 is 15.0 Å². The van der Waals surface area contributed by atoms with Crippen molar-refractivity contribution in [2.45, 2.75) is 44.3 Å². The zero-order valence-electron chi connectivity index (χ0n) is 16.6. The molecule has 29 heavy (non-hydrogen) atoms. The fourth-order valence-electron chi connectivity index (χ4n) is 4.39. The summed E-state index contributed by atoms with van der Waals surface area (Å²) in [6, 6.07) is 1.88. The molecule has 1 aliphatic carbocycles. The molecule has 154 valence electrons. The minimum Gasteiger partial charge on any atom is -0.370 e. The van der Waals surface area contributed by atoms with Crippen LogP contribution >= 0.6 is 11.3 Å². The van der Waals surface area contributed by atoms with Crippen molar-refractivity contribution in [3.63, 3.8) is 0 Å². The Balaban J connectivity index is 1.26. The number of amides is 2. The summed E-state index contributed by atoms with van der Waals surface area (Å²) in [7, 11) is 1.91. The van der Waals surface area contributed by atoms with Gasteiger partial charge in [0.1, 0.15) is 0 Å². The quantitative estimate of drug-likeness (QED) is 0.833. The van der Waals surface area contributed by atoms with E-state index in [0.29, 0.717) is 31.3 Å². The minimum atomic E-state index is -0.270. The average molecular weight is 415 g/mol. The van der Waals surface area contributed by atoms with E-state index in [1.807, 2.05) is 33.5 Å². The molecular formula is C21H26N4O3S. The maximum Gasteiger partial charge on any atom is 0.272 e. The maximum atomic E-state index is 12.6. The van der Waals surface area contributed by atoms with Gasteiger partial charge >= 0.3 is 0 Å². The Bertz CT molecular complexity index is 924. The van der Waals surface area contributed by atoms with Crippen molar-refractivity contribution >= 4 is 23.2 Å². The van der Waals surface area contributed by atoms with Gasteiger partial charge in [-0.2, -0.15) is 16.4 Å². The predicted molar refractivity (Wildman–Crippen MR) is 109 cm³/mol. The molecule has 0 unspecified atom stereocenters. The Morgan fingerprint density at radius 2 is 2.14 bits per heavy atom. The molecule has 1 N–H and O–H groups in total. The van der Waals surface area contributed by atoms with Crippen molar-refractivity contribution in [1.29, 1.82) is 0 Å². The van der Waals surface area contributed by atoms with E-state index in [1.54, 1.807) is 11.3 Å². The van der Waals surface area contributed by atoms with Crippen LogP contribution in [-0.2, 0) is 24.8 Å². The van der Waals surface area contributed by atoms with Crippen LogP contribution in [0.4, 0.5) is 0 Å². The highest BCUT2D eigenvalue weighted by molar-refractivity contribution is 7.08. The number of hydrogen-bond acceptors (Lipinski definition) is 5. The molecule has 2 aromatic rings. The number of carbonyl (C=O) groups is 2. The van der Waals surface area contributed by atoms with Crippen molar-refractivity contribution in [2.24, 2.45) is 13.0 Å². The lowest BCUT2D eigenvalue weighted by atomic mass is 9.83. The minimum absolute atomic E-state index is 0.0931.